The van der Waals surface area contributed by atoms with E-state index in [4.69, 9.17) is 4.98 Å². The van der Waals surface area contributed by atoms with E-state index < -0.39 is 5.41 Å². The molecule has 5 nitrogen and oxygen atoms in total. The average molecular weight is 358 g/mol. The van der Waals surface area contributed by atoms with Gasteiger partial charge in [-0.05, 0) is 32.4 Å². The number of rotatable bonds is 4. The average Bonchev–Trinajstić information content (AvgIpc) is 3.13. The van der Waals surface area contributed by atoms with Gasteiger partial charge in [0.25, 0.3) is 0 Å². The van der Waals surface area contributed by atoms with E-state index in [1.165, 1.54) is 0 Å². The van der Waals surface area contributed by atoms with E-state index in [1.54, 1.807) is 6.20 Å². The van der Waals surface area contributed by atoms with Crippen LogP contribution in [0.3, 0.4) is 0 Å². The van der Waals surface area contributed by atoms with Crippen molar-refractivity contribution in [3.05, 3.63) is 71.7 Å². The first-order valence-electron chi connectivity index (χ1n) is 9.13. The van der Waals surface area contributed by atoms with Crippen LogP contribution < -0.4 is 5.32 Å². The molecule has 0 spiro atoms. The predicted octanol–water partition coefficient (Wildman–Crippen LogP) is 3.86. The highest BCUT2D eigenvalue weighted by Crippen LogP contribution is 2.33. The van der Waals surface area contributed by atoms with E-state index in [0.29, 0.717) is 12.4 Å². The fourth-order valence-electron chi connectivity index (χ4n) is 3.52. The summed E-state index contributed by atoms with van der Waals surface area (Å²) in [6.07, 6.45) is 1.76. The number of imidazole rings is 1. The van der Waals surface area contributed by atoms with Gasteiger partial charge in [0, 0.05) is 11.9 Å². The summed E-state index contributed by atoms with van der Waals surface area (Å²) in [5, 5.41) is 3.97. The minimum atomic E-state index is -0.928. The molecule has 0 aliphatic rings. The van der Waals surface area contributed by atoms with Crippen molar-refractivity contribution in [2.75, 3.05) is 6.54 Å². The molecule has 4 aromatic rings. The summed E-state index contributed by atoms with van der Waals surface area (Å²) < 4.78 is 0. The van der Waals surface area contributed by atoms with Crippen molar-refractivity contribution in [3.8, 4) is 0 Å². The second-order valence-corrected chi connectivity index (χ2v) is 6.97. The normalized spacial score (nSPS) is 13.6. The summed E-state index contributed by atoms with van der Waals surface area (Å²) in [7, 11) is 0. The highest BCUT2D eigenvalue weighted by Gasteiger charge is 2.40. The van der Waals surface area contributed by atoms with Gasteiger partial charge in [0.2, 0.25) is 5.91 Å². The molecule has 0 saturated carbocycles. The second kappa shape index (κ2) is 6.50. The summed E-state index contributed by atoms with van der Waals surface area (Å²) in [4.78, 5) is 25.8. The number of benzene rings is 2. The fourth-order valence-corrected chi connectivity index (χ4v) is 3.52. The fraction of sp³-hybridized carbons (Fsp3) is 0.227. The first-order chi connectivity index (χ1) is 13.0. The molecule has 2 aromatic heterocycles. The molecule has 2 aromatic carbocycles. The Labute approximate surface area is 157 Å². The summed E-state index contributed by atoms with van der Waals surface area (Å²) in [6.45, 7) is 6.42. The first-order valence-corrected chi connectivity index (χ1v) is 9.13. The number of hydrogen-bond donors (Lipinski definition) is 2. The molecule has 2 heterocycles. The van der Waals surface area contributed by atoms with Crippen LogP contribution in [-0.4, -0.2) is 27.4 Å². The summed E-state index contributed by atoms with van der Waals surface area (Å²) in [5.41, 5.74) is 3.64. The topological polar surface area (TPSA) is 70.7 Å². The number of carbonyl (C=O) groups excluding carboxylic acids is 1. The lowest BCUT2D eigenvalue weighted by atomic mass is 9.80. The number of aromatic amines is 1. The number of H-pyrrole nitrogens is 1. The van der Waals surface area contributed by atoms with Gasteiger partial charge in [0.1, 0.15) is 16.8 Å². The standard InChI is InChI=1S/C22H22N4O/c1-4-23-21(27)22(3,15-9-7-8-14(2)12-15)20-25-18-13-24-17-11-6-5-10-16(17)19(18)26-20/h5-13H,4H2,1-3H3,(H,23,27)(H,25,26). The molecule has 1 unspecified atom stereocenters. The quantitative estimate of drug-likeness (QED) is 0.582. The summed E-state index contributed by atoms with van der Waals surface area (Å²) in [6, 6.07) is 15.9. The maximum absolute atomic E-state index is 13.1. The van der Waals surface area contributed by atoms with Gasteiger partial charge in [-0.1, -0.05) is 48.0 Å². The van der Waals surface area contributed by atoms with E-state index in [1.807, 2.05) is 69.3 Å². The van der Waals surface area contributed by atoms with Gasteiger partial charge in [0.05, 0.1) is 17.2 Å². The lowest BCUT2D eigenvalue weighted by Gasteiger charge is -2.27. The van der Waals surface area contributed by atoms with Crippen LogP contribution in [0.4, 0.5) is 0 Å². The first kappa shape index (κ1) is 17.2. The van der Waals surface area contributed by atoms with E-state index in [-0.39, 0.29) is 5.91 Å². The number of hydrogen-bond acceptors (Lipinski definition) is 3. The largest absolute Gasteiger partial charge is 0.355 e. The van der Waals surface area contributed by atoms with Crippen molar-refractivity contribution in [2.45, 2.75) is 26.2 Å². The van der Waals surface area contributed by atoms with Gasteiger partial charge in [0.15, 0.2) is 0 Å². The minimum absolute atomic E-state index is 0.0769. The lowest BCUT2D eigenvalue weighted by molar-refractivity contribution is -0.124. The molecule has 0 aliphatic carbocycles. The molecule has 0 bridgehead atoms. The van der Waals surface area contributed by atoms with Gasteiger partial charge in [-0.25, -0.2) is 4.98 Å². The number of para-hydroxylation sites is 1. The molecule has 1 atom stereocenters. The van der Waals surface area contributed by atoms with E-state index >= 15 is 0 Å². The number of carbonyl (C=O) groups is 1. The summed E-state index contributed by atoms with van der Waals surface area (Å²) >= 11 is 0. The molecule has 0 aliphatic heterocycles. The molecule has 0 saturated heterocycles. The van der Waals surface area contributed by atoms with Gasteiger partial charge in [-0.2, -0.15) is 0 Å². The number of pyridine rings is 1. The highest BCUT2D eigenvalue weighted by atomic mass is 16.2. The van der Waals surface area contributed by atoms with Crippen LogP contribution in [0.15, 0.2) is 54.7 Å². The Morgan fingerprint density at radius 2 is 1.96 bits per heavy atom. The molecule has 0 radical (unpaired) electrons. The number of likely N-dealkylation sites (N-methyl/N-ethyl adjacent to an activating group) is 1. The predicted molar refractivity (Wildman–Crippen MR) is 108 cm³/mol. The zero-order valence-corrected chi connectivity index (χ0v) is 15.7. The summed E-state index contributed by atoms with van der Waals surface area (Å²) in [5.74, 6) is 0.541. The van der Waals surface area contributed by atoms with Crippen LogP contribution in [0.25, 0.3) is 21.9 Å². The Morgan fingerprint density at radius 1 is 1.15 bits per heavy atom. The Balaban J connectivity index is 1.97. The Morgan fingerprint density at radius 3 is 2.74 bits per heavy atom. The van der Waals surface area contributed by atoms with Gasteiger partial charge < -0.3 is 10.3 Å². The Hall–Kier alpha value is -3.21. The van der Waals surface area contributed by atoms with Gasteiger partial charge in [-0.15, -0.1) is 0 Å². The third kappa shape index (κ3) is 2.76. The zero-order chi connectivity index (χ0) is 19.0. The number of nitrogens with zero attached hydrogens (tertiary/aromatic N) is 2. The molecule has 2 N–H and O–H groups in total. The molecular formula is C22H22N4O. The van der Waals surface area contributed by atoms with Crippen molar-refractivity contribution < 1.29 is 4.79 Å². The van der Waals surface area contributed by atoms with Gasteiger partial charge >= 0.3 is 0 Å². The third-order valence-corrected chi connectivity index (χ3v) is 5.09. The Bertz CT molecular complexity index is 1150. The van der Waals surface area contributed by atoms with Crippen molar-refractivity contribution in [3.63, 3.8) is 0 Å². The van der Waals surface area contributed by atoms with Crippen molar-refractivity contribution >= 4 is 27.8 Å². The molecule has 0 fully saturated rings. The zero-order valence-electron chi connectivity index (χ0n) is 15.7. The molecule has 1 amide bonds. The van der Waals surface area contributed by atoms with E-state index in [2.05, 4.69) is 15.3 Å². The molecule has 4 rings (SSSR count). The Kier molecular flexibility index (Phi) is 4.15. The van der Waals surface area contributed by atoms with Crippen LogP contribution in [-0.2, 0) is 10.2 Å². The maximum atomic E-state index is 13.1. The molecule has 27 heavy (non-hydrogen) atoms. The number of amides is 1. The SMILES string of the molecule is CCNC(=O)C(C)(c1cccc(C)c1)c1nc2cnc3ccccc3c2[nH]1. The smallest absolute Gasteiger partial charge is 0.238 e. The molecule has 5 heteroatoms. The van der Waals surface area contributed by atoms with Crippen LogP contribution in [0, 0.1) is 6.92 Å². The number of aryl methyl sites for hydroxylation is 1. The maximum Gasteiger partial charge on any atom is 0.238 e. The molecule has 136 valence electrons. The molecular weight excluding hydrogens is 336 g/mol. The number of fused-ring (bicyclic) bond motifs is 3. The number of aromatic nitrogens is 3. The lowest BCUT2D eigenvalue weighted by Crippen LogP contribution is -2.44. The van der Waals surface area contributed by atoms with Crippen molar-refractivity contribution in [1.82, 2.24) is 20.3 Å². The van der Waals surface area contributed by atoms with Crippen molar-refractivity contribution in [1.29, 1.82) is 0 Å². The van der Waals surface area contributed by atoms with Crippen LogP contribution in [0.5, 0.6) is 0 Å². The number of nitrogens with one attached hydrogen (secondary N) is 2. The third-order valence-electron chi connectivity index (χ3n) is 5.09. The van der Waals surface area contributed by atoms with E-state index in [9.17, 15) is 4.79 Å². The minimum Gasteiger partial charge on any atom is -0.355 e. The highest BCUT2D eigenvalue weighted by molar-refractivity contribution is 6.02. The van der Waals surface area contributed by atoms with Crippen LogP contribution in [0.1, 0.15) is 30.8 Å². The van der Waals surface area contributed by atoms with Crippen LogP contribution in [0.2, 0.25) is 0 Å². The van der Waals surface area contributed by atoms with Crippen molar-refractivity contribution in [2.24, 2.45) is 0 Å². The second-order valence-electron chi connectivity index (χ2n) is 6.97. The van der Waals surface area contributed by atoms with Gasteiger partial charge in [-0.3, -0.25) is 9.78 Å². The van der Waals surface area contributed by atoms with E-state index in [0.717, 1.165) is 33.1 Å². The monoisotopic (exact) mass is 358 g/mol. The van der Waals surface area contributed by atoms with Crippen LogP contribution >= 0.6 is 0 Å².